The van der Waals surface area contributed by atoms with Gasteiger partial charge in [-0.25, -0.2) is 0 Å². The largest absolute Gasteiger partial charge is 0.487 e. The predicted molar refractivity (Wildman–Crippen MR) is 96.6 cm³/mol. The number of carboxylic acid groups (broad SMARTS) is 2. The molecule has 138 valence electrons. The van der Waals surface area contributed by atoms with Crippen molar-refractivity contribution >= 4 is 20.1 Å². The number of rotatable bonds is 9. The molecule has 0 aliphatic carbocycles. The lowest BCUT2D eigenvalue weighted by Crippen LogP contribution is -2.19. The first kappa shape index (κ1) is 24.6. The molecule has 0 heterocycles. The van der Waals surface area contributed by atoms with E-state index in [9.17, 15) is 14.5 Å². The van der Waals surface area contributed by atoms with Gasteiger partial charge in [0.1, 0.15) is 12.1 Å². The lowest BCUT2D eigenvalue weighted by atomic mass is 10.1. The van der Waals surface area contributed by atoms with E-state index in [4.69, 9.17) is 14.9 Å². The Morgan fingerprint density at radius 1 is 1.08 bits per heavy atom. The molecule has 0 amide bonds. The molecule has 0 fully saturated rings. The third-order valence-electron chi connectivity index (χ3n) is 2.61. The highest BCUT2D eigenvalue weighted by Gasteiger charge is 2.22. The van der Waals surface area contributed by atoms with Gasteiger partial charge in [-0.15, -0.1) is 0 Å². The van der Waals surface area contributed by atoms with Gasteiger partial charge in [0.25, 0.3) is 0 Å². The minimum absolute atomic E-state index is 0.00932. The highest BCUT2D eigenvalue weighted by atomic mass is 31.1. The van der Waals surface area contributed by atoms with Crippen LogP contribution in [0.3, 0.4) is 0 Å². The molecular weight excluding hydrogens is 331 g/mol. The van der Waals surface area contributed by atoms with Crippen molar-refractivity contribution in [2.75, 3.05) is 12.5 Å². The predicted octanol–water partition coefficient (Wildman–Crippen LogP) is 4.03. The number of para-hydroxylation sites is 1. The second-order valence-corrected chi connectivity index (χ2v) is 5.88. The first-order valence-corrected chi connectivity index (χ1v) is 9.72. The van der Waals surface area contributed by atoms with E-state index in [-0.39, 0.29) is 25.4 Å². The highest BCUT2D eigenvalue weighted by molar-refractivity contribution is 7.51. The van der Waals surface area contributed by atoms with Gasteiger partial charge in [-0.3, -0.25) is 9.59 Å². The van der Waals surface area contributed by atoms with Gasteiger partial charge in [-0.1, -0.05) is 45.9 Å². The molecule has 1 rings (SSSR count). The van der Waals surface area contributed by atoms with E-state index in [1.54, 1.807) is 24.3 Å². The Labute approximate surface area is 145 Å². The Morgan fingerprint density at radius 3 is 2.08 bits per heavy atom. The number of aliphatic carboxylic acids is 2. The number of carboxylic acids is 2. The molecule has 7 heteroatoms. The molecule has 0 saturated carbocycles. The van der Waals surface area contributed by atoms with Crippen LogP contribution in [-0.4, -0.2) is 39.6 Å². The van der Waals surface area contributed by atoms with Crippen LogP contribution in [0.4, 0.5) is 0 Å². The van der Waals surface area contributed by atoms with Gasteiger partial charge in [0.15, 0.2) is 0 Å². The van der Waals surface area contributed by atoms with Gasteiger partial charge in [-0.05, 0) is 18.6 Å². The van der Waals surface area contributed by atoms with Crippen LogP contribution in [0.15, 0.2) is 30.3 Å². The normalized spacial score (nSPS) is 11.7. The van der Waals surface area contributed by atoms with Crippen LogP contribution < -0.4 is 4.74 Å². The Morgan fingerprint density at radius 2 is 1.62 bits per heavy atom. The molecule has 0 spiro atoms. The Bertz CT molecular complexity index is 438. The molecule has 1 aromatic rings. The quantitative estimate of drug-likeness (QED) is 0.574. The van der Waals surface area contributed by atoms with Crippen LogP contribution in [0.2, 0.25) is 0 Å². The molecule has 0 bridgehead atoms. The fourth-order valence-corrected chi connectivity index (χ4v) is 2.81. The summed E-state index contributed by atoms with van der Waals surface area (Å²) in [5.41, 5.74) is 0. The van der Waals surface area contributed by atoms with Crippen LogP contribution in [0.5, 0.6) is 5.75 Å². The summed E-state index contributed by atoms with van der Waals surface area (Å²) in [6, 6.07) is 8.90. The topological polar surface area (TPSA) is 104 Å². The Kier molecular flexibility index (Phi) is 16.6. The van der Waals surface area contributed by atoms with E-state index in [1.807, 2.05) is 33.8 Å². The fourth-order valence-electron chi connectivity index (χ4n) is 1.56. The van der Waals surface area contributed by atoms with Gasteiger partial charge >= 0.3 is 11.9 Å². The lowest BCUT2D eigenvalue weighted by Gasteiger charge is -2.16. The zero-order chi connectivity index (χ0) is 19.0. The smallest absolute Gasteiger partial charge is 0.306 e. The third kappa shape index (κ3) is 12.9. The van der Waals surface area contributed by atoms with Crippen molar-refractivity contribution in [2.45, 2.75) is 40.5 Å². The average molecular weight is 360 g/mol. The summed E-state index contributed by atoms with van der Waals surface area (Å²) in [5, 5.41) is 17.5. The van der Waals surface area contributed by atoms with Gasteiger partial charge in [0.05, 0.1) is 14.1 Å². The van der Waals surface area contributed by atoms with Crippen molar-refractivity contribution in [3.8, 4) is 5.75 Å². The minimum atomic E-state index is -1.60. The second kappa shape index (κ2) is 16.2. The Hall–Kier alpha value is -1.65. The van der Waals surface area contributed by atoms with Crippen LogP contribution in [0.25, 0.3) is 0 Å². The standard InChI is InChI=1S/C13H17O6P.2C2H6/c14-12(15)7-6-10(13(16)17)8-20(18)9-19-11-4-2-1-3-5-11;2*1-2/h1-5,10,18H,6-9H2,(H,14,15)(H,16,17);2*1-2H3. The van der Waals surface area contributed by atoms with Gasteiger partial charge in [0, 0.05) is 12.6 Å². The number of benzene rings is 1. The summed E-state index contributed by atoms with van der Waals surface area (Å²) in [4.78, 5) is 31.3. The molecule has 0 aliphatic heterocycles. The van der Waals surface area contributed by atoms with Crippen LogP contribution in [0, 0.1) is 5.92 Å². The van der Waals surface area contributed by atoms with Crippen molar-refractivity contribution in [1.29, 1.82) is 0 Å². The van der Waals surface area contributed by atoms with E-state index >= 15 is 0 Å². The summed E-state index contributed by atoms with van der Waals surface area (Å²) < 4.78 is 5.34. The highest BCUT2D eigenvalue weighted by Crippen LogP contribution is 2.34. The molecule has 6 nitrogen and oxygen atoms in total. The maximum atomic E-state index is 11.0. The summed E-state index contributed by atoms with van der Waals surface area (Å²) >= 11 is 0. The second-order valence-electron chi connectivity index (χ2n) is 4.24. The molecule has 0 aliphatic rings. The van der Waals surface area contributed by atoms with E-state index in [1.165, 1.54) is 0 Å². The molecule has 24 heavy (non-hydrogen) atoms. The molecule has 2 unspecified atom stereocenters. The minimum Gasteiger partial charge on any atom is -0.487 e. The molecule has 0 radical (unpaired) electrons. The fraction of sp³-hybridized carbons (Fsp3) is 0.529. The molecule has 3 N–H and O–H groups in total. The summed E-state index contributed by atoms with van der Waals surface area (Å²) in [7, 11) is -1.60. The zero-order valence-corrected chi connectivity index (χ0v) is 15.7. The number of carbonyl (C=O) groups is 2. The van der Waals surface area contributed by atoms with Gasteiger partial charge in [-0.2, -0.15) is 0 Å². The molecule has 1 aromatic carbocycles. The van der Waals surface area contributed by atoms with E-state index in [0.717, 1.165) is 0 Å². The van der Waals surface area contributed by atoms with Crippen LogP contribution in [-0.2, 0) is 9.59 Å². The van der Waals surface area contributed by atoms with E-state index in [0.29, 0.717) is 5.75 Å². The first-order valence-electron chi connectivity index (χ1n) is 8.05. The Balaban J connectivity index is 0. The van der Waals surface area contributed by atoms with Crippen LogP contribution in [0.1, 0.15) is 40.5 Å². The first-order chi connectivity index (χ1) is 11.5. The van der Waals surface area contributed by atoms with Crippen molar-refractivity contribution in [3.63, 3.8) is 0 Å². The van der Waals surface area contributed by atoms with E-state index < -0.39 is 26.0 Å². The maximum Gasteiger partial charge on any atom is 0.306 e. The number of hydrogen-bond donors (Lipinski definition) is 3. The number of ether oxygens (including phenoxy) is 1. The molecule has 0 aromatic heterocycles. The number of hydrogen-bond acceptors (Lipinski definition) is 4. The lowest BCUT2D eigenvalue weighted by molar-refractivity contribution is -0.142. The van der Waals surface area contributed by atoms with Crippen molar-refractivity contribution in [3.05, 3.63) is 30.3 Å². The molecular formula is C17H29O6P. The third-order valence-corrected chi connectivity index (χ3v) is 3.90. The summed E-state index contributed by atoms with van der Waals surface area (Å²) in [6.45, 7) is 8.00. The monoisotopic (exact) mass is 360 g/mol. The SMILES string of the molecule is CC.CC.O=C(O)CCC(CP(O)COc1ccccc1)C(=O)O. The average Bonchev–Trinajstić information content (AvgIpc) is 2.60. The van der Waals surface area contributed by atoms with Crippen molar-refractivity contribution in [1.82, 2.24) is 0 Å². The van der Waals surface area contributed by atoms with E-state index in [2.05, 4.69) is 0 Å². The maximum absolute atomic E-state index is 11.0. The van der Waals surface area contributed by atoms with Crippen molar-refractivity contribution in [2.24, 2.45) is 5.92 Å². The summed E-state index contributed by atoms with van der Waals surface area (Å²) in [6.07, 6.45) is -0.143. The zero-order valence-electron chi connectivity index (χ0n) is 14.8. The van der Waals surface area contributed by atoms with Crippen LogP contribution >= 0.6 is 8.15 Å². The molecule has 2 atom stereocenters. The van der Waals surface area contributed by atoms with Gasteiger partial charge in [0.2, 0.25) is 0 Å². The summed E-state index contributed by atoms with van der Waals surface area (Å²) in [5.74, 6) is -2.39. The molecule has 0 saturated heterocycles. The van der Waals surface area contributed by atoms with Crippen molar-refractivity contribution < 1.29 is 29.4 Å². The van der Waals surface area contributed by atoms with Gasteiger partial charge < -0.3 is 19.8 Å².